The van der Waals surface area contributed by atoms with Crippen LogP contribution in [0.15, 0.2) is 53.9 Å². The van der Waals surface area contributed by atoms with E-state index < -0.39 is 0 Å². The van der Waals surface area contributed by atoms with E-state index in [1.807, 2.05) is 0 Å². The highest BCUT2D eigenvalue weighted by molar-refractivity contribution is 7.09. The van der Waals surface area contributed by atoms with E-state index in [2.05, 4.69) is 10.3 Å². The van der Waals surface area contributed by atoms with Gasteiger partial charge in [0, 0.05) is 24.4 Å². The normalized spacial score (nSPS) is 14.1. The highest BCUT2D eigenvalue weighted by Crippen LogP contribution is 2.27. The molecule has 34 heavy (non-hydrogen) atoms. The quantitative estimate of drug-likeness (QED) is 0.463. The summed E-state index contributed by atoms with van der Waals surface area (Å²) >= 11 is 1.33. The van der Waals surface area contributed by atoms with Crippen molar-refractivity contribution >= 4 is 23.2 Å². The second-order valence-electron chi connectivity index (χ2n) is 8.59. The molecule has 2 aromatic carbocycles. The molecular formula is C26H27F2N3O2S. The number of aromatic nitrogens is 1. The fraction of sp³-hybridized carbons (Fsp3) is 0.346. The van der Waals surface area contributed by atoms with Crippen molar-refractivity contribution in [1.29, 1.82) is 0 Å². The first-order valence-electron chi connectivity index (χ1n) is 11.5. The molecule has 0 radical (unpaired) electrons. The van der Waals surface area contributed by atoms with Crippen molar-refractivity contribution in [3.05, 3.63) is 87.4 Å². The maximum atomic E-state index is 13.3. The average molecular weight is 484 g/mol. The maximum absolute atomic E-state index is 13.3. The van der Waals surface area contributed by atoms with E-state index >= 15 is 0 Å². The summed E-state index contributed by atoms with van der Waals surface area (Å²) in [6.45, 7) is 0.923. The van der Waals surface area contributed by atoms with Crippen LogP contribution in [0.4, 0.5) is 8.78 Å². The summed E-state index contributed by atoms with van der Waals surface area (Å²) in [6.07, 6.45) is 5.03. The van der Waals surface area contributed by atoms with E-state index in [4.69, 9.17) is 0 Å². The Balaban J connectivity index is 1.42. The largest absolute Gasteiger partial charge is 0.347 e. The first-order valence-corrected chi connectivity index (χ1v) is 12.4. The van der Waals surface area contributed by atoms with Crippen LogP contribution in [-0.2, 0) is 24.4 Å². The van der Waals surface area contributed by atoms with Crippen LogP contribution < -0.4 is 5.32 Å². The minimum absolute atomic E-state index is 0.00682. The van der Waals surface area contributed by atoms with Gasteiger partial charge in [0.05, 0.1) is 6.54 Å². The standard InChI is InChI=1S/C26H27F2N3O2S/c27-21-10-6-18(7-11-21)14-29-25(32)23-17-34-24(30-23)16-31(15-19-8-12-22(28)13-9-19)26(33)20-4-2-1-3-5-20/h6-13,17,20H,1-5,14-16H2,(H,29,32). The van der Waals surface area contributed by atoms with Crippen LogP contribution >= 0.6 is 11.3 Å². The van der Waals surface area contributed by atoms with Gasteiger partial charge in [-0.15, -0.1) is 11.3 Å². The number of nitrogens with one attached hydrogen (secondary N) is 1. The Morgan fingerprint density at radius 3 is 2.18 bits per heavy atom. The van der Waals surface area contributed by atoms with Crippen molar-refractivity contribution in [3.63, 3.8) is 0 Å². The Morgan fingerprint density at radius 2 is 1.53 bits per heavy atom. The zero-order valence-electron chi connectivity index (χ0n) is 18.8. The van der Waals surface area contributed by atoms with E-state index in [9.17, 15) is 18.4 Å². The summed E-state index contributed by atoms with van der Waals surface area (Å²) in [5.41, 5.74) is 1.92. The number of carbonyl (C=O) groups is 2. The minimum atomic E-state index is -0.327. The molecule has 1 aliphatic rings. The Kier molecular flexibility index (Phi) is 8.00. The third-order valence-corrected chi connectivity index (χ3v) is 6.86. The predicted octanol–water partition coefficient (Wildman–Crippen LogP) is 5.46. The highest BCUT2D eigenvalue weighted by Gasteiger charge is 2.27. The molecule has 2 amide bonds. The van der Waals surface area contributed by atoms with E-state index in [1.165, 1.54) is 35.6 Å². The molecule has 0 atom stereocenters. The molecule has 0 bridgehead atoms. The number of benzene rings is 2. The molecule has 4 rings (SSSR count). The number of hydrogen-bond donors (Lipinski definition) is 1. The molecule has 1 heterocycles. The molecule has 1 aromatic heterocycles. The van der Waals surface area contributed by atoms with Gasteiger partial charge in [-0.2, -0.15) is 0 Å². The van der Waals surface area contributed by atoms with Crippen molar-refractivity contribution in [1.82, 2.24) is 15.2 Å². The van der Waals surface area contributed by atoms with Crippen molar-refractivity contribution in [2.24, 2.45) is 5.92 Å². The minimum Gasteiger partial charge on any atom is -0.347 e. The molecule has 3 aromatic rings. The molecule has 1 fully saturated rings. The third-order valence-electron chi connectivity index (χ3n) is 6.03. The lowest BCUT2D eigenvalue weighted by Gasteiger charge is -2.29. The molecule has 178 valence electrons. The topological polar surface area (TPSA) is 62.3 Å². The summed E-state index contributed by atoms with van der Waals surface area (Å²) in [6, 6.07) is 12.1. The number of nitrogens with zero attached hydrogens (tertiary/aromatic N) is 2. The van der Waals surface area contributed by atoms with Gasteiger partial charge in [-0.3, -0.25) is 9.59 Å². The number of halogens is 2. The lowest BCUT2D eigenvalue weighted by molar-refractivity contribution is -0.137. The van der Waals surface area contributed by atoms with Gasteiger partial charge in [0.1, 0.15) is 22.3 Å². The van der Waals surface area contributed by atoms with Crippen LogP contribution in [-0.4, -0.2) is 21.7 Å². The smallest absolute Gasteiger partial charge is 0.271 e. The fourth-order valence-electron chi connectivity index (χ4n) is 4.16. The molecular weight excluding hydrogens is 456 g/mol. The van der Waals surface area contributed by atoms with Crippen LogP contribution in [0, 0.1) is 17.6 Å². The van der Waals surface area contributed by atoms with Crippen molar-refractivity contribution in [3.8, 4) is 0 Å². The van der Waals surface area contributed by atoms with Crippen LogP contribution in [0.3, 0.4) is 0 Å². The van der Waals surface area contributed by atoms with Gasteiger partial charge in [0.15, 0.2) is 0 Å². The zero-order valence-corrected chi connectivity index (χ0v) is 19.6. The van der Waals surface area contributed by atoms with Gasteiger partial charge in [0.25, 0.3) is 5.91 Å². The number of amides is 2. The van der Waals surface area contributed by atoms with E-state index in [-0.39, 0.29) is 41.6 Å². The van der Waals surface area contributed by atoms with Crippen molar-refractivity contribution < 1.29 is 18.4 Å². The number of rotatable bonds is 8. The second-order valence-corrected chi connectivity index (χ2v) is 9.53. The van der Waals surface area contributed by atoms with Gasteiger partial charge in [-0.1, -0.05) is 43.5 Å². The molecule has 0 aliphatic heterocycles. The van der Waals surface area contributed by atoms with E-state index in [0.29, 0.717) is 18.1 Å². The Bertz CT molecular complexity index is 1110. The summed E-state index contributed by atoms with van der Waals surface area (Å²) in [5, 5.41) is 5.13. The van der Waals surface area contributed by atoms with Crippen LogP contribution in [0.25, 0.3) is 0 Å². The fourth-order valence-corrected chi connectivity index (χ4v) is 4.94. The lowest BCUT2D eigenvalue weighted by atomic mass is 9.88. The molecule has 0 unspecified atom stereocenters. The second kappa shape index (κ2) is 11.3. The molecule has 1 N–H and O–H groups in total. The lowest BCUT2D eigenvalue weighted by Crippen LogP contribution is -2.36. The van der Waals surface area contributed by atoms with Gasteiger partial charge < -0.3 is 10.2 Å². The Hall–Kier alpha value is -3.13. The molecule has 5 nitrogen and oxygen atoms in total. The van der Waals surface area contributed by atoms with E-state index in [1.54, 1.807) is 34.5 Å². The number of carbonyl (C=O) groups excluding carboxylic acids is 2. The van der Waals surface area contributed by atoms with Gasteiger partial charge in [-0.25, -0.2) is 13.8 Å². The molecule has 1 aliphatic carbocycles. The summed E-state index contributed by atoms with van der Waals surface area (Å²) < 4.78 is 26.4. The first-order chi connectivity index (χ1) is 16.5. The molecule has 1 saturated carbocycles. The van der Waals surface area contributed by atoms with Gasteiger partial charge in [0.2, 0.25) is 5.91 Å². The summed E-state index contributed by atoms with van der Waals surface area (Å²) in [4.78, 5) is 32.1. The maximum Gasteiger partial charge on any atom is 0.271 e. The molecule has 0 saturated heterocycles. The summed E-state index contributed by atoms with van der Waals surface area (Å²) in [7, 11) is 0. The molecule has 8 heteroatoms. The molecule has 0 spiro atoms. The average Bonchev–Trinajstić information content (AvgIpc) is 3.33. The van der Waals surface area contributed by atoms with Crippen LogP contribution in [0.5, 0.6) is 0 Å². The predicted molar refractivity (Wildman–Crippen MR) is 127 cm³/mol. The zero-order chi connectivity index (χ0) is 23.9. The third kappa shape index (κ3) is 6.47. The van der Waals surface area contributed by atoms with Crippen molar-refractivity contribution in [2.45, 2.75) is 51.7 Å². The highest BCUT2D eigenvalue weighted by atomic mass is 32.1. The van der Waals surface area contributed by atoms with Gasteiger partial charge >= 0.3 is 0 Å². The van der Waals surface area contributed by atoms with Crippen LogP contribution in [0.1, 0.15) is 58.7 Å². The van der Waals surface area contributed by atoms with E-state index in [0.717, 1.165) is 43.2 Å². The SMILES string of the molecule is O=C(NCc1ccc(F)cc1)c1csc(CN(Cc2ccc(F)cc2)C(=O)C2CCCCC2)n1. The van der Waals surface area contributed by atoms with Gasteiger partial charge in [-0.05, 0) is 48.2 Å². The van der Waals surface area contributed by atoms with Crippen molar-refractivity contribution in [2.75, 3.05) is 0 Å². The van der Waals surface area contributed by atoms with Crippen LogP contribution in [0.2, 0.25) is 0 Å². The Labute approximate surface area is 201 Å². The first kappa shape index (κ1) is 24.0. The number of hydrogen-bond acceptors (Lipinski definition) is 4. The Morgan fingerprint density at radius 1 is 0.912 bits per heavy atom. The summed E-state index contributed by atoms with van der Waals surface area (Å²) in [5.74, 6) is -0.887. The number of thiazole rings is 1. The monoisotopic (exact) mass is 483 g/mol.